The quantitative estimate of drug-likeness (QED) is 0.543. The van der Waals surface area contributed by atoms with Crippen LogP contribution in [0.3, 0.4) is 0 Å². The summed E-state index contributed by atoms with van der Waals surface area (Å²) in [5.41, 5.74) is 0. The van der Waals surface area contributed by atoms with Gasteiger partial charge < -0.3 is 5.32 Å². The van der Waals surface area contributed by atoms with Gasteiger partial charge in [-0.25, -0.2) is 0 Å². The van der Waals surface area contributed by atoms with Gasteiger partial charge in [0.05, 0.1) is 0 Å². The number of thioether (sulfide) groups is 1. The molecule has 0 aliphatic rings. The normalized spacial score (nSPS) is 8.29. The lowest BCUT2D eigenvalue weighted by Gasteiger charge is -1.95. The Morgan fingerprint density at radius 3 is 2.57 bits per heavy atom. The van der Waals surface area contributed by atoms with Crippen molar-refractivity contribution in [2.24, 2.45) is 0 Å². The molecule has 0 rings (SSSR count). The minimum absolute atomic E-state index is 0.877. The predicted octanol–water partition coefficient (Wildman–Crippen LogP) is 1.24. The molecule has 42 valence electrons. The highest BCUT2D eigenvalue weighted by atomic mass is 32.2. The second-order valence-corrected chi connectivity index (χ2v) is 2.91. The molecule has 3 heteroatoms. The lowest BCUT2D eigenvalue weighted by atomic mass is 11.0. The van der Waals surface area contributed by atoms with Crippen molar-refractivity contribution in [2.75, 3.05) is 12.8 Å². The van der Waals surface area contributed by atoms with Gasteiger partial charge in [-0.3, -0.25) is 0 Å². The molecule has 0 radical (unpaired) electrons. The first-order chi connectivity index (χ1) is 3.31. The van der Waals surface area contributed by atoms with Crippen molar-refractivity contribution in [2.45, 2.75) is 6.92 Å². The van der Waals surface area contributed by atoms with Crippen molar-refractivity contribution in [3.63, 3.8) is 0 Å². The Hall–Kier alpha value is 0.240. The molecule has 0 bridgehead atoms. The highest BCUT2D eigenvalue weighted by Gasteiger charge is 1.85. The SMILES string of the molecule is CCSC(=S)NC. The molecule has 1 N–H and O–H groups in total. The fourth-order valence-electron chi connectivity index (χ4n) is 0.203. The van der Waals surface area contributed by atoms with Crippen molar-refractivity contribution < 1.29 is 0 Å². The summed E-state index contributed by atoms with van der Waals surface area (Å²) >= 11 is 6.46. The summed E-state index contributed by atoms with van der Waals surface area (Å²) in [4.78, 5) is 0. The van der Waals surface area contributed by atoms with Crippen molar-refractivity contribution in [3.05, 3.63) is 0 Å². The molecule has 0 spiro atoms. The molecule has 0 aromatic heterocycles. The van der Waals surface area contributed by atoms with Gasteiger partial charge in [0.2, 0.25) is 0 Å². The summed E-state index contributed by atoms with van der Waals surface area (Å²) in [6, 6.07) is 0. The molecule has 0 atom stereocenters. The Bertz CT molecular complexity index is 62.7. The fraction of sp³-hybridized carbons (Fsp3) is 0.750. The molecule has 0 aliphatic carbocycles. The minimum Gasteiger partial charge on any atom is -0.374 e. The van der Waals surface area contributed by atoms with Gasteiger partial charge in [0.1, 0.15) is 4.32 Å². The molecule has 0 saturated carbocycles. The zero-order valence-electron chi connectivity index (χ0n) is 4.52. The average molecular weight is 135 g/mol. The van der Waals surface area contributed by atoms with Crippen LogP contribution in [0.1, 0.15) is 6.92 Å². The van der Waals surface area contributed by atoms with Crippen LogP contribution in [0, 0.1) is 0 Å². The Balaban J connectivity index is 3.00. The summed E-state index contributed by atoms with van der Waals surface area (Å²) in [5.74, 6) is 1.06. The zero-order valence-corrected chi connectivity index (χ0v) is 6.16. The van der Waals surface area contributed by atoms with E-state index in [-0.39, 0.29) is 0 Å². The van der Waals surface area contributed by atoms with Crippen molar-refractivity contribution in [1.82, 2.24) is 5.32 Å². The van der Waals surface area contributed by atoms with E-state index in [0.717, 1.165) is 10.1 Å². The van der Waals surface area contributed by atoms with Crippen molar-refractivity contribution >= 4 is 28.3 Å². The number of hydrogen-bond donors (Lipinski definition) is 1. The molecule has 0 aromatic carbocycles. The molecule has 7 heavy (non-hydrogen) atoms. The van der Waals surface area contributed by atoms with Crippen molar-refractivity contribution in [1.29, 1.82) is 0 Å². The Kier molecular flexibility index (Phi) is 4.55. The maximum atomic E-state index is 4.81. The van der Waals surface area contributed by atoms with E-state index in [1.54, 1.807) is 11.8 Å². The van der Waals surface area contributed by atoms with E-state index in [1.807, 2.05) is 7.05 Å². The van der Waals surface area contributed by atoms with Crippen LogP contribution in [0.25, 0.3) is 0 Å². The monoisotopic (exact) mass is 135 g/mol. The van der Waals surface area contributed by atoms with Crippen LogP contribution in [0.4, 0.5) is 0 Å². The minimum atomic E-state index is 0.877. The molecule has 0 aliphatic heterocycles. The van der Waals surface area contributed by atoms with Gasteiger partial charge in [-0.15, -0.1) is 0 Å². The fourth-order valence-corrected chi connectivity index (χ4v) is 0.963. The number of rotatable bonds is 1. The maximum absolute atomic E-state index is 4.81. The maximum Gasteiger partial charge on any atom is 0.133 e. The van der Waals surface area contributed by atoms with Gasteiger partial charge in [0, 0.05) is 7.05 Å². The van der Waals surface area contributed by atoms with Gasteiger partial charge in [0.25, 0.3) is 0 Å². The second-order valence-electron chi connectivity index (χ2n) is 0.970. The van der Waals surface area contributed by atoms with Gasteiger partial charge in [-0.2, -0.15) is 0 Å². The van der Waals surface area contributed by atoms with Crippen molar-refractivity contribution in [3.8, 4) is 0 Å². The molecule has 0 heterocycles. The molecule has 1 nitrogen and oxygen atoms in total. The van der Waals surface area contributed by atoms with Gasteiger partial charge in [0.15, 0.2) is 0 Å². The average Bonchev–Trinajstić information content (AvgIpc) is 1.68. The third-order valence-electron chi connectivity index (χ3n) is 0.480. The Labute approximate surface area is 53.9 Å². The van der Waals surface area contributed by atoms with Crippen LogP contribution in [-0.4, -0.2) is 17.1 Å². The first-order valence-corrected chi connectivity index (χ1v) is 3.55. The van der Waals surface area contributed by atoms with E-state index in [0.29, 0.717) is 0 Å². The second kappa shape index (κ2) is 4.40. The summed E-state index contributed by atoms with van der Waals surface area (Å²) < 4.78 is 0.877. The van der Waals surface area contributed by atoms with E-state index in [1.165, 1.54) is 0 Å². The first-order valence-electron chi connectivity index (χ1n) is 2.15. The Morgan fingerprint density at radius 1 is 1.86 bits per heavy atom. The van der Waals surface area contributed by atoms with Gasteiger partial charge >= 0.3 is 0 Å². The van der Waals surface area contributed by atoms with E-state index >= 15 is 0 Å². The Morgan fingerprint density at radius 2 is 2.43 bits per heavy atom. The molecular weight excluding hydrogens is 126 g/mol. The molecule has 0 aromatic rings. The third kappa shape index (κ3) is 4.09. The number of thiocarbonyl (C=S) groups is 1. The summed E-state index contributed by atoms with van der Waals surface area (Å²) in [5, 5.41) is 2.86. The van der Waals surface area contributed by atoms with Gasteiger partial charge in [-0.1, -0.05) is 30.9 Å². The molecule has 0 amide bonds. The van der Waals surface area contributed by atoms with Gasteiger partial charge in [-0.05, 0) is 5.75 Å². The number of nitrogens with one attached hydrogen (secondary N) is 1. The molecule has 0 unspecified atom stereocenters. The zero-order chi connectivity index (χ0) is 5.70. The first kappa shape index (κ1) is 7.24. The largest absolute Gasteiger partial charge is 0.374 e. The lowest BCUT2D eigenvalue weighted by molar-refractivity contribution is 1.23. The molecular formula is C4H9NS2. The highest BCUT2D eigenvalue weighted by molar-refractivity contribution is 8.22. The van der Waals surface area contributed by atoms with E-state index in [9.17, 15) is 0 Å². The van der Waals surface area contributed by atoms with Crippen LogP contribution in [0.5, 0.6) is 0 Å². The van der Waals surface area contributed by atoms with E-state index in [4.69, 9.17) is 12.2 Å². The van der Waals surface area contributed by atoms with Crippen LogP contribution in [0.2, 0.25) is 0 Å². The van der Waals surface area contributed by atoms with E-state index < -0.39 is 0 Å². The van der Waals surface area contributed by atoms with E-state index in [2.05, 4.69) is 12.2 Å². The lowest BCUT2D eigenvalue weighted by Crippen LogP contribution is -2.10. The molecule has 0 fully saturated rings. The standard InChI is InChI=1S/C4H9NS2/c1-3-7-4(6)5-2/h3H2,1-2H3,(H,5,6). The highest BCUT2D eigenvalue weighted by Crippen LogP contribution is 1.97. The third-order valence-corrected chi connectivity index (χ3v) is 1.79. The summed E-state index contributed by atoms with van der Waals surface area (Å²) in [6.07, 6.45) is 0. The number of hydrogen-bond acceptors (Lipinski definition) is 2. The molecule has 0 saturated heterocycles. The van der Waals surface area contributed by atoms with Crippen LogP contribution in [-0.2, 0) is 0 Å². The van der Waals surface area contributed by atoms with Crippen LogP contribution >= 0.6 is 24.0 Å². The summed E-state index contributed by atoms with van der Waals surface area (Å²) in [6.45, 7) is 2.08. The van der Waals surface area contributed by atoms with Crippen LogP contribution < -0.4 is 5.32 Å². The predicted molar refractivity (Wildman–Crippen MR) is 39.8 cm³/mol. The smallest absolute Gasteiger partial charge is 0.133 e. The topological polar surface area (TPSA) is 12.0 Å². The summed E-state index contributed by atoms with van der Waals surface area (Å²) in [7, 11) is 1.84. The van der Waals surface area contributed by atoms with Crippen LogP contribution in [0.15, 0.2) is 0 Å².